The van der Waals surface area contributed by atoms with Gasteiger partial charge in [0.2, 0.25) is 0 Å². The number of aromatic nitrogens is 2. The number of carbonyl (C=O) groups is 2. The summed E-state index contributed by atoms with van der Waals surface area (Å²) in [7, 11) is 0. The van der Waals surface area contributed by atoms with Gasteiger partial charge in [-0.15, -0.1) is 0 Å². The molecule has 0 radical (unpaired) electrons. The topological polar surface area (TPSA) is 93.2 Å². The summed E-state index contributed by atoms with van der Waals surface area (Å²) < 4.78 is 4.95. The Morgan fingerprint density at radius 2 is 1.72 bits per heavy atom. The third-order valence-electron chi connectivity index (χ3n) is 4.01. The van der Waals surface area contributed by atoms with Crippen molar-refractivity contribution in [1.82, 2.24) is 9.97 Å². The minimum atomic E-state index is -0.399. The van der Waals surface area contributed by atoms with E-state index in [1.807, 2.05) is 31.2 Å². The molecular formula is C22H22N4O3. The number of ether oxygens (including phenoxy) is 1. The van der Waals surface area contributed by atoms with Crippen molar-refractivity contribution in [3.63, 3.8) is 0 Å². The Balaban J connectivity index is 1.73. The van der Waals surface area contributed by atoms with Crippen LogP contribution in [0, 0.1) is 13.8 Å². The Morgan fingerprint density at radius 1 is 0.966 bits per heavy atom. The van der Waals surface area contributed by atoms with E-state index in [1.165, 1.54) is 0 Å². The monoisotopic (exact) mass is 390 g/mol. The van der Waals surface area contributed by atoms with E-state index in [1.54, 1.807) is 44.2 Å². The number of benzene rings is 2. The van der Waals surface area contributed by atoms with Gasteiger partial charge in [0.25, 0.3) is 5.91 Å². The van der Waals surface area contributed by atoms with Gasteiger partial charge in [-0.25, -0.2) is 14.8 Å². The number of rotatable bonds is 6. The van der Waals surface area contributed by atoms with Crippen LogP contribution < -0.4 is 10.6 Å². The van der Waals surface area contributed by atoms with E-state index in [4.69, 9.17) is 4.74 Å². The van der Waals surface area contributed by atoms with Crippen LogP contribution in [0.25, 0.3) is 0 Å². The third kappa shape index (κ3) is 5.38. The maximum absolute atomic E-state index is 12.6. The molecule has 0 aliphatic rings. The van der Waals surface area contributed by atoms with Crippen LogP contribution >= 0.6 is 0 Å². The van der Waals surface area contributed by atoms with Crippen LogP contribution in [0.5, 0.6) is 0 Å². The molecule has 1 aromatic heterocycles. The van der Waals surface area contributed by atoms with Crippen LogP contribution in [0.15, 0.2) is 54.6 Å². The highest BCUT2D eigenvalue weighted by atomic mass is 16.5. The molecule has 0 atom stereocenters. The lowest BCUT2D eigenvalue weighted by Gasteiger charge is -2.10. The van der Waals surface area contributed by atoms with Crippen molar-refractivity contribution in [1.29, 1.82) is 0 Å². The smallest absolute Gasteiger partial charge is 0.338 e. The van der Waals surface area contributed by atoms with Crippen molar-refractivity contribution >= 4 is 29.1 Å². The first-order valence-electron chi connectivity index (χ1n) is 9.22. The summed E-state index contributed by atoms with van der Waals surface area (Å²) in [6.45, 7) is 5.79. The highest BCUT2D eigenvalue weighted by Crippen LogP contribution is 2.18. The molecule has 0 saturated heterocycles. The molecule has 1 amide bonds. The zero-order valence-electron chi connectivity index (χ0n) is 16.5. The minimum Gasteiger partial charge on any atom is -0.462 e. The fourth-order valence-electron chi connectivity index (χ4n) is 2.72. The van der Waals surface area contributed by atoms with Crippen molar-refractivity contribution in [3.8, 4) is 0 Å². The number of aryl methyl sites for hydroxylation is 2. The maximum atomic E-state index is 12.6. The standard InChI is InChI=1S/C22H22N4O3/c1-4-29-22(28)16-8-10-17(11-9-16)26-21(27)19-13-20(24-15(3)23-19)25-18-7-5-6-14(2)12-18/h5-13H,4H2,1-3H3,(H,26,27)(H,23,24,25). The molecule has 2 N–H and O–H groups in total. The fraction of sp³-hybridized carbons (Fsp3) is 0.182. The lowest BCUT2D eigenvalue weighted by molar-refractivity contribution is 0.0526. The van der Waals surface area contributed by atoms with Crippen molar-refractivity contribution in [2.24, 2.45) is 0 Å². The number of hydrogen-bond acceptors (Lipinski definition) is 6. The maximum Gasteiger partial charge on any atom is 0.338 e. The van der Waals surface area contributed by atoms with Gasteiger partial charge in [0.05, 0.1) is 12.2 Å². The quantitative estimate of drug-likeness (QED) is 0.611. The predicted octanol–water partition coefficient (Wildman–Crippen LogP) is 4.27. The highest BCUT2D eigenvalue weighted by molar-refractivity contribution is 6.03. The predicted molar refractivity (Wildman–Crippen MR) is 112 cm³/mol. The van der Waals surface area contributed by atoms with Gasteiger partial charge in [-0.3, -0.25) is 4.79 Å². The molecule has 148 valence electrons. The van der Waals surface area contributed by atoms with Crippen LogP contribution in [0.4, 0.5) is 17.2 Å². The average Bonchev–Trinajstić information content (AvgIpc) is 2.68. The van der Waals surface area contributed by atoms with E-state index in [9.17, 15) is 9.59 Å². The summed E-state index contributed by atoms with van der Waals surface area (Å²) in [5.74, 6) is 0.242. The van der Waals surface area contributed by atoms with Gasteiger partial charge in [-0.1, -0.05) is 12.1 Å². The molecule has 7 nitrogen and oxygen atoms in total. The average molecular weight is 390 g/mol. The second-order valence-electron chi connectivity index (χ2n) is 6.43. The first-order chi connectivity index (χ1) is 13.9. The van der Waals surface area contributed by atoms with Gasteiger partial charge in [-0.05, 0) is 62.7 Å². The van der Waals surface area contributed by atoms with E-state index in [-0.39, 0.29) is 11.6 Å². The van der Waals surface area contributed by atoms with Gasteiger partial charge in [0.15, 0.2) is 0 Å². The normalized spacial score (nSPS) is 10.3. The van der Waals surface area contributed by atoms with Crippen molar-refractivity contribution < 1.29 is 14.3 Å². The number of hydrogen-bond donors (Lipinski definition) is 2. The minimum absolute atomic E-state index is 0.238. The second kappa shape index (κ2) is 8.97. The lowest BCUT2D eigenvalue weighted by Crippen LogP contribution is -2.15. The summed E-state index contributed by atoms with van der Waals surface area (Å²) >= 11 is 0. The van der Waals surface area contributed by atoms with Crippen LogP contribution in [0.3, 0.4) is 0 Å². The number of esters is 1. The molecule has 3 rings (SSSR count). The first kappa shape index (κ1) is 20.0. The van der Waals surface area contributed by atoms with E-state index >= 15 is 0 Å². The van der Waals surface area contributed by atoms with E-state index in [2.05, 4.69) is 20.6 Å². The lowest BCUT2D eigenvalue weighted by atomic mass is 10.2. The zero-order chi connectivity index (χ0) is 20.8. The molecule has 0 unspecified atom stereocenters. The molecule has 0 aliphatic heterocycles. The number of nitrogens with zero attached hydrogens (tertiary/aromatic N) is 2. The van der Waals surface area contributed by atoms with Crippen molar-refractivity contribution in [2.75, 3.05) is 17.2 Å². The molecule has 2 aromatic carbocycles. The number of anilines is 3. The molecule has 7 heteroatoms. The molecule has 29 heavy (non-hydrogen) atoms. The number of carbonyl (C=O) groups excluding carboxylic acids is 2. The zero-order valence-corrected chi connectivity index (χ0v) is 16.5. The van der Waals surface area contributed by atoms with Crippen molar-refractivity contribution in [3.05, 3.63) is 77.2 Å². The van der Waals surface area contributed by atoms with Gasteiger partial charge >= 0.3 is 5.97 Å². The molecular weight excluding hydrogens is 368 g/mol. The number of amides is 1. The Kier molecular flexibility index (Phi) is 6.19. The van der Waals surface area contributed by atoms with Crippen LogP contribution in [0.1, 0.15) is 39.2 Å². The van der Waals surface area contributed by atoms with Crippen molar-refractivity contribution in [2.45, 2.75) is 20.8 Å². The van der Waals surface area contributed by atoms with Gasteiger partial charge in [0, 0.05) is 17.4 Å². The van der Waals surface area contributed by atoms with Crippen LogP contribution in [-0.2, 0) is 4.74 Å². The summed E-state index contributed by atoms with van der Waals surface area (Å²) in [4.78, 5) is 32.9. The molecule has 3 aromatic rings. The highest BCUT2D eigenvalue weighted by Gasteiger charge is 2.12. The van der Waals surface area contributed by atoms with Gasteiger partial charge in [0.1, 0.15) is 17.3 Å². The molecule has 0 bridgehead atoms. The van der Waals surface area contributed by atoms with E-state index < -0.39 is 5.97 Å². The van der Waals surface area contributed by atoms with Crippen LogP contribution in [0.2, 0.25) is 0 Å². The molecule has 0 fully saturated rings. The Morgan fingerprint density at radius 3 is 2.41 bits per heavy atom. The summed E-state index contributed by atoms with van der Waals surface area (Å²) in [6.07, 6.45) is 0. The first-order valence-corrected chi connectivity index (χ1v) is 9.22. The van der Waals surface area contributed by atoms with Crippen LogP contribution in [-0.4, -0.2) is 28.5 Å². The SMILES string of the molecule is CCOC(=O)c1ccc(NC(=O)c2cc(Nc3cccc(C)c3)nc(C)n2)cc1. The Bertz CT molecular complexity index is 1030. The van der Waals surface area contributed by atoms with E-state index in [0.29, 0.717) is 29.5 Å². The summed E-state index contributed by atoms with van der Waals surface area (Å²) in [6, 6.07) is 15.9. The molecule has 0 saturated carbocycles. The summed E-state index contributed by atoms with van der Waals surface area (Å²) in [5.41, 5.74) is 3.20. The van der Waals surface area contributed by atoms with Gasteiger partial charge < -0.3 is 15.4 Å². The fourth-order valence-corrected chi connectivity index (χ4v) is 2.72. The number of nitrogens with one attached hydrogen (secondary N) is 2. The second-order valence-corrected chi connectivity index (χ2v) is 6.43. The third-order valence-corrected chi connectivity index (χ3v) is 4.01. The summed E-state index contributed by atoms with van der Waals surface area (Å²) in [5, 5.41) is 5.97. The molecule has 0 aliphatic carbocycles. The Hall–Kier alpha value is -3.74. The molecule has 0 spiro atoms. The largest absolute Gasteiger partial charge is 0.462 e. The Labute approximate surface area is 169 Å². The van der Waals surface area contributed by atoms with Gasteiger partial charge in [-0.2, -0.15) is 0 Å². The van der Waals surface area contributed by atoms with E-state index in [0.717, 1.165) is 11.3 Å². The molecule has 1 heterocycles.